The molecule has 2 atom stereocenters. The van der Waals surface area contributed by atoms with Crippen molar-refractivity contribution < 1.29 is 9.59 Å². The SMILES string of the molecule is O=C(N[C@@H]1CCCc2ccccc21)[C@@H]1CCCN1C(=O)c1cccs1. The van der Waals surface area contributed by atoms with Crippen LogP contribution in [0.2, 0.25) is 0 Å². The van der Waals surface area contributed by atoms with E-state index in [4.69, 9.17) is 0 Å². The molecule has 0 saturated carbocycles. The van der Waals surface area contributed by atoms with Crippen molar-refractivity contribution in [2.75, 3.05) is 6.54 Å². The first-order valence-electron chi connectivity index (χ1n) is 8.96. The summed E-state index contributed by atoms with van der Waals surface area (Å²) in [4.78, 5) is 28.0. The number of hydrogen-bond acceptors (Lipinski definition) is 3. The third-order valence-corrected chi connectivity index (χ3v) is 6.09. The van der Waals surface area contributed by atoms with Gasteiger partial charge in [-0.15, -0.1) is 11.3 Å². The normalized spacial score (nSPS) is 22.5. The number of thiophene rings is 1. The van der Waals surface area contributed by atoms with Crippen LogP contribution < -0.4 is 5.32 Å². The van der Waals surface area contributed by atoms with E-state index in [-0.39, 0.29) is 23.9 Å². The first kappa shape index (κ1) is 16.3. The highest BCUT2D eigenvalue weighted by molar-refractivity contribution is 7.12. The fourth-order valence-electron chi connectivity index (χ4n) is 4.00. The van der Waals surface area contributed by atoms with Gasteiger partial charge in [0.2, 0.25) is 5.91 Å². The topological polar surface area (TPSA) is 49.4 Å². The zero-order chi connectivity index (χ0) is 17.2. The minimum absolute atomic E-state index is 0.0101. The van der Waals surface area contributed by atoms with E-state index in [1.807, 2.05) is 23.6 Å². The van der Waals surface area contributed by atoms with Crippen molar-refractivity contribution in [3.05, 3.63) is 57.8 Å². The molecule has 0 bridgehead atoms. The Morgan fingerprint density at radius 2 is 1.96 bits per heavy atom. The Hall–Kier alpha value is -2.14. The van der Waals surface area contributed by atoms with Crippen LogP contribution in [0.4, 0.5) is 0 Å². The lowest BCUT2D eigenvalue weighted by Crippen LogP contribution is -2.47. The number of carbonyl (C=O) groups is 2. The molecule has 0 unspecified atom stereocenters. The maximum atomic E-state index is 12.9. The molecule has 130 valence electrons. The second kappa shape index (κ2) is 7.00. The zero-order valence-electron chi connectivity index (χ0n) is 14.1. The van der Waals surface area contributed by atoms with E-state index in [1.165, 1.54) is 22.5 Å². The summed E-state index contributed by atoms with van der Waals surface area (Å²) < 4.78 is 0. The molecule has 1 fully saturated rings. The van der Waals surface area contributed by atoms with Crippen molar-refractivity contribution in [3.63, 3.8) is 0 Å². The molecule has 2 amide bonds. The van der Waals surface area contributed by atoms with Crippen LogP contribution in [0, 0.1) is 0 Å². The largest absolute Gasteiger partial charge is 0.347 e. The average molecular weight is 354 g/mol. The van der Waals surface area contributed by atoms with Gasteiger partial charge in [0.05, 0.1) is 10.9 Å². The van der Waals surface area contributed by atoms with Gasteiger partial charge in [-0.25, -0.2) is 0 Å². The Bertz CT molecular complexity index is 772. The van der Waals surface area contributed by atoms with E-state index < -0.39 is 0 Å². The predicted octanol–water partition coefficient (Wildman–Crippen LogP) is 3.55. The van der Waals surface area contributed by atoms with Crippen LogP contribution in [-0.4, -0.2) is 29.3 Å². The first-order chi connectivity index (χ1) is 12.2. The van der Waals surface area contributed by atoms with Crippen LogP contribution in [0.25, 0.3) is 0 Å². The van der Waals surface area contributed by atoms with Gasteiger partial charge in [0, 0.05) is 6.54 Å². The van der Waals surface area contributed by atoms with Crippen LogP contribution in [0.1, 0.15) is 52.5 Å². The summed E-state index contributed by atoms with van der Waals surface area (Å²) in [6.45, 7) is 0.663. The van der Waals surface area contributed by atoms with E-state index in [9.17, 15) is 9.59 Å². The van der Waals surface area contributed by atoms with Crippen molar-refractivity contribution >= 4 is 23.2 Å². The summed E-state index contributed by atoms with van der Waals surface area (Å²) in [6.07, 6.45) is 4.77. The summed E-state index contributed by atoms with van der Waals surface area (Å²) >= 11 is 1.44. The average Bonchev–Trinajstić information content (AvgIpc) is 3.33. The zero-order valence-corrected chi connectivity index (χ0v) is 14.9. The highest BCUT2D eigenvalue weighted by Gasteiger charge is 2.36. The number of aryl methyl sites for hydroxylation is 1. The van der Waals surface area contributed by atoms with Crippen LogP contribution >= 0.6 is 11.3 Å². The molecule has 2 aromatic rings. The predicted molar refractivity (Wildman–Crippen MR) is 98.6 cm³/mol. The molecule has 1 aliphatic heterocycles. The van der Waals surface area contributed by atoms with Crippen LogP contribution in [-0.2, 0) is 11.2 Å². The molecule has 2 heterocycles. The second-order valence-electron chi connectivity index (χ2n) is 6.79. The van der Waals surface area contributed by atoms with Crippen LogP contribution in [0.15, 0.2) is 41.8 Å². The minimum Gasteiger partial charge on any atom is -0.347 e. The number of nitrogens with zero attached hydrogens (tertiary/aromatic N) is 1. The van der Waals surface area contributed by atoms with Crippen molar-refractivity contribution in [1.29, 1.82) is 0 Å². The van der Waals surface area contributed by atoms with Gasteiger partial charge in [0.25, 0.3) is 5.91 Å². The van der Waals surface area contributed by atoms with Gasteiger partial charge in [-0.05, 0) is 54.7 Å². The lowest BCUT2D eigenvalue weighted by Gasteiger charge is -2.29. The molecular weight excluding hydrogens is 332 g/mol. The Labute approximate surface area is 151 Å². The monoisotopic (exact) mass is 354 g/mol. The molecule has 4 nitrogen and oxygen atoms in total. The molecule has 25 heavy (non-hydrogen) atoms. The van der Waals surface area contributed by atoms with Gasteiger partial charge in [-0.3, -0.25) is 9.59 Å². The molecular formula is C20H22N2O2S. The van der Waals surface area contributed by atoms with Crippen molar-refractivity contribution in [3.8, 4) is 0 Å². The maximum absolute atomic E-state index is 12.9. The summed E-state index contributed by atoms with van der Waals surface area (Å²) in [5.41, 5.74) is 2.56. The molecule has 1 aromatic carbocycles. The highest BCUT2D eigenvalue weighted by Crippen LogP contribution is 2.30. The quantitative estimate of drug-likeness (QED) is 0.916. The summed E-state index contributed by atoms with van der Waals surface area (Å²) in [5.74, 6) is -0.0270. The Morgan fingerprint density at radius 3 is 2.80 bits per heavy atom. The molecule has 1 N–H and O–H groups in total. The first-order valence-corrected chi connectivity index (χ1v) is 9.84. The fraction of sp³-hybridized carbons (Fsp3) is 0.400. The van der Waals surface area contributed by atoms with Gasteiger partial charge in [-0.2, -0.15) is 0 Å². The number of amides is 2. The highest BCUT2D eigenvalue weighted by atomic mass is 32.1. The molecule has 0 spiro atoms. The van der Waals surface area contributed by atoms with E-state index in [1.54, 1.807) is 4.90 Å². The van der Waals surface area contributed by atoms with Crippen LogP contribution in [0.5, 0.6) is 0 Å². The lowest BCUT2D eigenvalue weighted by atomic mass is 9.87. The summed E-state index contributed by atoms with van der Waals surface area (Å²) in [7, 11) is 0. The number of hydrogen-bond donors (Lipinski definition) is 1. The van der Waals surface area contributed by atoms with Gasteiger partial charge in [0.1, 0.15) is 6.04 Å². The standard InChI is InChI=1S/C20H22N2O2S/c23-19(21-16-9-3-7-14-6-1-2-8-15(14)16)17-10-4-12-22(17)20(24)18-11-5-13-25-18/h1-2,5-6,8,11,13,16-17H,3-4,7,9-10,12H2,(H,21,23)/t16-,17+/m1/s1. The summed E-state index contributed by atoms with van der Waals surface area (Å²) in [6, 6.07) is 11.8. The van der Waals surface area contributed by atoms with Crippen molar-refractivity contribution in [1.82, 2.24) is 10.2 Å². The van der Waals surface area contributed by atoms with Gasteiger partial charge >= 0.3 is 0 Å². The van der Waals surface area contributed by atoms with Crippen molar-refractivity contribution in [2.45, 2.75) is 44.2 Å². The molecule has 2 aliphatic rings. The van der Waals surface area contributed by atoms with Gasteiger partial charge in [0.15, 0.2) is 0 Å². The van der Waals surface area contributed by atoms with E-state index in [2.05, 4.69) is 23.5 Å². The smallest absolute Gasteiger partial charge is 0.264 e. The summed E-state index contributed by atoms with van der Waals surface area (Å²) in [5, 5.41) is 5.12. The Morgan fingerprint density at radius 1 is 1.08 bits per heavy atom. The number of benzene rings is 1. The number of nitrogens with one attached hydrogen (secondary N) is 1. The fourth-order valence-corrected chi connectivity index (χ4v) is 4.67. The molecule has 1 aliphatic carbocycles. The van der Waals surface area contributed by atoms with E-state index in [0.29, 0.717) is 11.4 Å². The van der Waals surface area contributed by atoms with Gasteiger partial charge < -0.3 is 10.2 Å². The molecule has 5 heteroatoms. The third-order valence-electron chi connectivity index (χ3n) is 5.23. The Kier molecular flexibility index (Phi) is 4.57. The number of fused-ring (bicyclic) bond motifs is 1. The molecule has 1 saturated heterocycles. The van der Waals surface area contributed by atoms with Crippen LogP contribution in [0.3, 0.4) is 0 Å². The second-order valence-corrected chi connectivity index (χ2v) is 7.73. The van der Waals surface area contributed by atoms with E-state index >= 15 is 0 Å². The number of likely N-dealkylation sites (tertiary alicyclic amines) is 1. The van der Waals surface area contributed by atoms with Crippen molar-refractivity contribution in [2.24, 2.45) is 0 Å². The van der Waals surface area contributed by atoms with E-state index in [0.717, 1.165) is 32.1 Å². The molecule has 4 rings (SSSR count). The maximum Gasteiger partial charge on any atom is 0.264 e. The Balaban J connectivity index is 1.49. The number of carbonyl (C=O) groups excluding carboxylic acids is 2. The van der Waals surface area contributed by atoms with Gasteiger partial charge in [-0.1, -0.05) is 30.3 Å². The number of rotatable bonds is 3. The minimum atomic E-state index is -0.344. The molecule has 0 radical (unpaired) electrons. The third kappa shape index (κ3) is 3.21. The lowest BCUT2D eigenvalue weighted by molar-refractivity contribution is -0.125. The molecule has 1 aromatic heterocycles.